The number of nitrogens with one attached hydrogen (secondary N) is 1. The summed E-state index contributed by atoms with van der Waals surface area (Å²) < 4.78 is 2.01. The zero-order valence-electron chi connectivity index (χ0n) is 19.0. The van der Waals surface area contributed by atoms with Crippen LogP contribution in [0.2, 0.25) is 5.02 Å². The highest BCUT2D eigenvalue weighted by Crippen LogP contribution is 2.34. The summed E-state index contributed by atoms with van der Waals surface area (Å²) in [5.74, 6) is -0.228. The molecular formula is C27H30ClN3O2. The van der Waals surface area contributed by atoms with Crippen LogP contribution in [-0.4, -0.2) is 32.9 Å². The molecule has 0 bridgehead atoms. The first-order valence-corrected chi connectivity index (χ1v) is 12.3. The van der Waals surface area contributed by atoms with Gasteiger partial charge in [-0.1, -0.05) is 73.7 Å². The summed E-state index contributed by atoms with van der Waals surface area (Å²) >= 11 is 6.46. The van der Waals surface area contributed by atoms with Crippen molar-refractivity contribution < 1.29 is 9.59 Å². The van der Waals surface area contributed by atoms with E-state index in [9.17, 15) is 9.59 Å². The van der Waals surface area contributed by atoms with Gasteiger partial charge in [0.2, 0.25) is 5.91 Å². The van der Waals surface area contributed by atoms with Crippen molar-refractivity contribution in [3.63, 3.8) is 0 Å². The minimum absolute atomic E-state index is 0.0850. The largest absolute Gasteiger partial charge is 0.351 e. The maximum Gasteiger partial charge on any atom is 0.271 e. The summed E-state index contributed by atoms with van der Waals surface area (Å²) in [5.41, 5.74) is 1.40. The highest BCUT2D eigenvalue weighted by atomic mass is 35.5. The molecule has 1 aliphatic carbocycles. The lowest BCUT2D eigenvalue weighted by atomic mass is 9.93. The molecule has 1 aliphatic heterocycles. The fourth-order valence-electron chi connectivity index (χ4n) is 5.32. The molecule has 6 heteroatoms. The average molecular weight is 464 g/mol. The molecule has 2 aliphatic rings. The predicted octanol–water partition coefficient (Wildman–Crippen LogP) is 5.55. The number of amides is 2. The van der Waals surface area contributed by atoms with E-state index in [0.29, 0.717) is 17.3 Å². The molecule has 33 heavy (non-hydrogen) atoms. The van der Waals surface area contributed by atoms with Gasteiger partial charge < -0.3 is 14.8 Å². The van der Waals surface area contributed by atoms with E-state index in [1.807, 2.05) is 66.1 Å². The van der Waals surface area contributed by atoms with Crippen LogP contribution in [0.5, 0.6) is 0 Å². The summed E-state index contributed by atoms with van der Waals surface area (Å²) in [7, 11) is 0. The molecule has 2 heterocycles. The average Bonchev–Trinajstić information content (AvgIpc) is 2.98. The first-order valence-electron chi connectivity index (χ1n) is 11.9. The van der Waals surface area contributed by atoms with Crippen LogP contribution in [0.15, 0.2) is 54.6 Å². The molecule has 2 amide bonds. The van der Waals surface area contributed by atoms with E-state index in [-0.39, 0.29) is 24.4 Å². The van der Waals surface area contributed by atoms with E-state index >= 15 is 0 Å². The summed E-state index contributed by atoms with van der Waals surface area (Å²) in [5, 5.41) is 4.92. The number of carbonyl (C=O) groups excluding carboxylic acids is 2. The molecule has 1 unspecified atom stereocenters. The Labute approximate surface area is 199 Å². The van der Waals surface area contributed by atoms with Crippen molar-refractivity contribution in [3.8, 4) is 0 Å². The number of benzene rings is 2. The Bertz CT molecular complexity index is 1200. The molecule has 1 N–H and O–H groups in total. The summed E-state index contributed by atoms with van der Waals surface area (Å²) in [6.45, 7) is 2.59. The number of aromatic nitrogens is 1. The van der Waals surface area contributed by atoms with Crippen LogP contribution in [0.4, 0.5) is 0 Å². The van der Waals surface area contributed by atoms with Crippen LogP contribution >= 0.6 is 11.6 Å². The van der Waals surface area contributed by atoms with Crippen LogP contribution in [0.25, 0.3) is 10.9 Å². The molecular weight excluding hydrogens is 434 g/mol. The molecule has 2 aromatic carbocycles. The number of rotatable bonds is 4. The van der Waals surface area contributed by atoms with Crippen LogP contribution in [0, 0.1) is 0 Å². The Morgan fingerprint density at radius 1 is 1.06 bits per heavy atom. The van der Waals surface area contributed by atoms with Crippen molar-refractivity contribution in [3.05, 3.63) is 70.9 Å². The monoisotopic (exact) mass is 463 g/mol. The van der Waals surface area contributed by atoms with Crippen LogP contribution in [-0.2, 0) is 17.9 Å². The molecule has 5 rings (SSSR count). The Morgan fingerprint density at radius 2 is 1.76 bits per heavy atom. The molecule has 3 aromatic rings. The normalized spacial score (nSPS) is 21.6. The van der Waals surface area contributed by atoms with Crippen molar-refractivity contribution >= 4 is 34.3 Å². The lowest BCUT2D eigenvalue weighted by Crippen LogP contribution is -2.64. The third-order valence-electron chi connectivity index (χ3n) is 7.30. The first-order chi connectivity index (χ1) is 16.0. The van der Waals surface area contributed by atoms with Gasteiger partial charge in [-0.2, -0.15) is 0 Å². The third-order valence-corrected chi connectivity index (χ3v) is 7.67. The van der Waals surface area contributed by atoms with Gasteiger partial charge in [0.05, 0.1) is 6.54 Å². The number of carbonyl (C=O) groups is 2. The second-order valence-electron chi connectivity index (χ2n) is 9.59. The summed E-state index contributed by atoms with van der Waals surface area (Å²) in [4.78, 5) is 29.4. The van der Waals surface area contributed by atoms with Crippen LogP contribution < -0.4 is 5.32 Å². The zero-order chi connectivity index (χ0) is 23.0. The lowest BCUT2D eigenvalue weighted by molar-refractivity contribution is -0.134. The van der Waals surface area contributed by atoms with Crippen molar-refractivity contribution in [2.75, 3.05) is 0 Å². The van der Waals surface area contributed by atoms with Gasteiger partial charge in [-0.05, 0) is 43.5 Å². The molecule has 0 saturated heterocycles. The molecule has 1 atom stereocenters. The second kappa shape index (κ2) is 8.86. The standard InChI is InChI=1S/C27H30ClN3O2/c1-27(26(33)29-21-12-4-2-3-5-13-21)18-30-23-15-9-7-10-19(23)16-24(30)25(32)31(27)17-20-11-6-8-14-22(20)28/h6-11,14-16,21H,2-5,12-13,17-18H2,1H3,(H,29,33). The van der Waals surface area contributed by atoms with Gasteiger partial charge >= 0.3 is 0 Å². The van der Waals surface area contributed by atoms with Gasteiger partial charge in [-0.3, -0.25) is 9.59 Å². The van der Waals surface area contributed by atoms with Crippen LogP contribution in [0.1, 0.15) is 61.5 Å². The first kappa shape index (κ1) is 22.0. The van der Waals surface area contributed by atoms with E-state index in [4.69, 9.17) is 11.6 Å². The minimum atomic E-state index is -1.03. The maximum atomic E-state index is 13.9. The van der Waals surface area contributed by atoms with E-state index < -0.39 is 5.54 Å². The number of para-hydroxylation sites is 1. The Kier molecular flexibility index (Phi) is 5.92. The molecule has 1 fully saturated rings. The Balaban J connectivity index is 1.55. The Morgan fingerprint density at radius 3 is 2.52 bits per heavy atom. The molecule has 1 aromatic heterocycles. The smallest absolute Gasteiger partial charge is 0.271 e. The summed E-state index contributed by atoms with van der Waals surface area (Å²) in [6.07, 6.45) is 6.71. The van der Waals surface area contributed by atoms with Crippen molar-refractivity contribution in [2.45, 2.75) is 70.1 Å². The minimum Gasteiger partial charge on any atom is -0.351 e. The zero-order valence-corrected chi connectivity index (χ0v) is 19.8. The number of fused-ring (bicyclic) bond motifs is 3. The SMILES string of the molecule is CC1(C(=O)NC2CCCCCC2)Cn2c(cc3ccccc32)C(=O)N1Cc1ccccc1Cl. The molecule has 0 radical (unpaired) electrons. The second-order valence-corrected chi connectivity index (χ2v) is 10.0. The molecule has 172 valence electrons. The van der Waals surface area contributed by atoms with E-state index in [1.165, 1.54) is 12.8 Å². The predicted molar refractivity (Wildman–Crippen MR) is 131 cm³/mol. The van der Waals surface area contributed by atoms with E-state index in [2.05, 4.69) is 5.32 Å². The summed E-state index contributed by atoms with van der Waals surface area (Å²) in [6, 6.07) is 17.6. The lowest BCUT2D eigenvalue weighted by Gasteiger charge is -2.44. The van der Waals surface area contributed by atoms with Crippen molar-refractivity contribution in [1.82, 2.24) is 14.8 Å². The fourth-order valence-corrected chi connectivity index (χ4v) is 5.51. The topological polar surface area (TPSA) is 54.3 Å². The van der Waals surface area contributed by atoms with Gasteiger partial charge in [0.15, 0.2) is 0 Å². The van der Waals surface area contributed by atoms with Gasteiger partial charge in [0, 0.05) is 28.5 Å². The highest BCUT2D eigenvalue weighted by molar-refractivity contribution is 6.31. The number of hydrogen-bond acceptors (Lipinski definition) is 2. The van der Waals surface area contributed by atoms with E-state index in [1.54, 1.807) is 4.90 Å². The number of hydrogen-bond donors (Lipinski definition) is 1. The van der Waals surface area contributed by atoms with Gasteiger partial charge in [-0.15, -0.1) is 0 Å². The number of nitrogens with zero attached hydrogens (tertiary/aromatic N) is 2. The Hall–Kier alpha value is -2.79. The van der Waals surface area contributed by atoms with Crippen molar-refractivity contribution in [2.24, 2.45) is 0 Å². The molecule has 5 nitrogen and oxygen atoms in total. The van der Waals surface area contributed by atoms with E-state index in [0.717, 1.165) is 42.1 Å². The van der Waals surface area contributed by atoms with Gasteiger partial charge in [-0.25, -0.2) is 0 Å². The van der Waals surface area contributed by atoms with Crippen molar-refractivity contribution in [1.29, 1.82) is 0 Å². The number of halogens is 1. The fraction of sp³-hybridized carbons (Fsp3) is 0.407. The van der Waals surface area contributed by atoms with Crippen LogP contribution in [0.3, 0.4) is 0 Å². The maximum absolute atomic E-state index is 13.9. The molecule has 1 saturated carbocycles. The molecule has 0 spiro atoms. The van der Waals surface area contributed by atoms with Gasteiger partial charge in [0.1, 0.15) is 11.2 Å². The third kappa shape index (κ3) is 4.04. The van der Waals surface area contributed by atoms with Gasteiger partial charge in [0.25, 0.3) is 5.91 Å². The highest BCUT2D eigenvalue weighted by Gasteiger charge is 2.48. The quantitative estimate of drug-likeness (QED) is 0.516.